The minimum absolute atomic E-state index is 0.0322. The largest absolute Gasteiger partial charge is 0.491 e. The lowest BCUT2D eigenvalue weighted by Crippen LogP contribution is -2.09. The molecule has 0 spiro atoms. The third kappa shape index (κ3) is 7.40. The lowest BCUT2D eigenvalue weighted by molar-refractivity contribution is 0.224. The van der Waals surface area contributed by atoms with Crippen molar-refractivity contribution in [1.29, 1.82) is 0 Å². The number of hydrogen-bond donors (Lipinski definition) is 0. The number of rotatable bonds is 13. The van der Waals surface area contributed by atoms with Gasteiger partial charge in [-0.1, -0.05) is 62.9 Å². The molecular weight excluding hydrogens is 492 g/mol. The van der Waals surface area contributed by atoms with Gasteiger partial charge < -0.3 is 9.47 Å². The van der Waals surface area contributed by atoms with Crippen LogP contribution in [-0.4, -0.2) is 13.2 Å². The van der Waals surface area contributed by atoms with E-state index in [1.807, 2.05) is 31.2 Å². The van der Waals surface area contributed by atoms with Crippen LogP contribution in [0.1, 0.15) is 75.0 Å². The Morgan fingerprint density at radius 1 is 0.974 bits per heavy atom. The van der Waals surface area contributed by atoms with Crippen molar-refractivity contribution in [2.24, 2.45) is 0 Å². The van der Waals surface area contributed by atoms with Crippen molar-refractivity contribution in [3.63, 3.8) is 0 Å². The van der Waals surface area contributed by atoms with E-state index in [0.29, 0.717) is 31.4 Å². The molecule has 1 aliphatic rings. The third-order valence-corrected chi connectivity index (χ3v) is 6.79. The smallest absolute Gasteiger partial charge is 0.200 e. The zero-order chi connectivity index (χ0) is 27.7. The molecule has 1 aliphatic carbocycles. The number of unbranched alkanes of at least 4 members (excludes halogenated alkanes) is 1. The second-order valence-electron chi connectivity index (χ2n) is 9.47. The van der Waals surface area contributed by atoms with Crippen LogP contribution in [0.2, 0.25) is 0 Å². The number of allylic oxidation sites excluding steroid dienone is 5. The average Bonchev–Trinajstić information content (AvgIpc) is 2.94. The van der Waals surface area contributed by atoms with Crippen LogP contribution >= 0.6 is 0 Å². The van der Waals surface area contributed by atoms with Gasteiger partial charge in [-0.2, -0.15) is 8.78 Å². The van der Waals surface area contributed by atoms with Gasteiger partial charge in [0.1, 0.15) is 0 Å². The molecule has 0 saturated heterocycles. The average molecular weight is 529 g/mol. The van der Waals surface area contributed by atoms with E-state index in [4.69, 9.17) is 9.47 Å². The summed E-state index contributed by atoms with van der Waals surface area (Å²) in [4.78, 5) is 0. The van der Waals surface area contributed by atoms with E-state index in [9.17, 15) is 17.6 Å². The van der Waals surface area contributed by atoms with Crippen LogP contribution in [0.5, 0.6) is 5.75 Å². The van der Waals surface area contributed by atoms with E-state index < -0.39 is 23.3 Å². The molecule has 204 valence electrons. The van der Waals surface area contributed by atoms with Gasteiger partial charge in [0.05, 0.1) is 13.2 Å². The highest BCUT2D eigenvalue weighted by atomic mass is 19.2. The van der Waals surface area contributed by atoms with Gasteiger partial charge in [0.25, 0.3) is 0 Å². The van der Waals surface area contributed by atoms with Gasteiger partial charge in [-0.15, -0.1) is 0 Å². The van der Waals surface area contributed by atoms with Crippen molar-refractivity contribution in [2.75, 3.05) is 13.2 Å². The Labute approximate surface area is 223 Å². The highest BCUT2D eigenvalue weighted by Crippen LogP contribution is 2.38. The van der Waals surface area contributed by atoms with Crippen LogP contribution in [0.4, 0.5) is 17.6 Å². The third-order valence-electron chi connectivity index (χ3n) is 6.79. The Morgan fingerprint density at radius 3 is 2.34 bits per heavy atom. The molecule has 0 N–H and O–H groups in total. The zero-order valence-corrected chi connectivity index (χ0v) is 22.2. The second kappa shape index (κ2) is 14.0. The van der Waals surface area contributed by atoms with Gasteiger partial charge in [-0.05, 0) is 85.3 Å². The van der Waals surface area contributed by atoms with E-state index in [0.717, 1.165) is 36.0 Å². The van der Waals surface area contributed by atoms with Crippen LogP contribution < -0.4 is 4.74 Å². The van der Waals surface area contributed by atoms with Crippen LogP contribution in [0, 0.1) is 11.6 Å². The predicted molar refractivity (Wildman–Crippen MR) is 145 cm³/mol. The molecule has 0 fully saturated rings. The van der Waals surface area contributed by atoms with Crippen LogP contribution in [-0.2, 0) is 11.2 Å². The van der Waals surface area contributed by atoms with Crippen LogP contribution in [0.15, 0.2) is 78.6 Å². The highest BCUT2D eigenvalue weighted by Gasteiger charge is 2.24. The monoisotopic (exact) mass is 528 g/mol. The van der Waals surface area contributed by atoms with Gasteiger partial charge in [0.15, 0.2) is 29.0 Å². The fourth-order valence-corrected chi connectivity index (χ4v) is 4.48. The minimum atomic E-state index is -1.12. The van der Waals surface area contributed by atoms with E-state index >= 15 is 0 Å². The first-order chi connectivity index (χ1) is 18.3. The first kappa shape index (κ1) is 29.3. The van der Waals surface area contributed by atoms with Crippen molar-refractivity contribution in [3.8, 4) is 5.75 Å². The summed E-state index contributed by atoms with van der Waals surface area (Å²) in [5, 5.41) is 0. The molecule has 0 bridgehead atoms. The molecule has 3 rings (SSSR count). The fourth-order valence-electron chi connectivity index (χ4n) is 4.48. The Hall–Kier alpha value is -3.28. The summed E-state index contributed by atoms with van der Waals surface area (Å²) in [5.74, 6) is -4.34. The summed E-state index contributed by atoms with van der Waals surface area (Å²) in [6, 6.07) is 11.1. The topological polar surface area (TPSA) is 18.5 Å². The quantitative estimate of drug-likeness (QED) is 0.112. The van der Waals surface area contributed by atoms with Gasteiger partial charge >= 0.3 is 0 Å². The summed E-state index contributed by atoms with van der Waals surface area (Å²) >= 11 is 0. The molecule has 38 heavy (non-hydrogen) atoms. The van der Waals surface area contributed by atoms with Crippen molar-refractivity contribution >= 4 is 5.57 Å². The maximum Gasteiger partial charge on any atom is 0.200 e. The lowest BCUT2D eigenvalue weighted by atomic mass is 9.82. The molecule has 0 aliphatic heterocycles. The van der Waals surface area contributed by atoms with Crippen LogP contribution in [0.3, 0.4) is 0 Å². The number of hydrogen-bond acceptors (Lipinski definition) is 2. The summed E-state index contributed by atoms with van der Waals surface area (Å²) in [5.41, 5.74) is 3.63. The maximum atomic E-state index is 14.8. The van der Waals surface area contributed by atoms with Gasteiger partial charge in [-0.3, -0.25) is 0 Å². The number of halogens is 4. The second-order valence-corrected chi connectivity index (χ2v) is 9.47. The van der Waals surface area contributed by atoms with Crippen molar-refractivity contribution in [3.05, 3.63) is 107 Å². The Bertz CT molecular complexity index is 1190. The minimum Gasteiger partial charge on any atom is -0.491 e. The summed E-state index contributed by atoms with van der Waals surface area (Å²) in [6.45, 7) is 11.3. The normalized spacial score (nSPS) is 15.9. The maximum absolute atomic E-state index is 14.8. The van der Waals surface area contributed by atoms with Crippen molar-refractivity contribution in [2.45, 2.75) is 64.7 Å². The first-order valence-corrected chi connectivity index (χ1v) is 13.2. The standard InChI is InChI=1S/C32H36F4O2/c1-5-7-20-38-28-19-18-27(31(35)32(28)36)26-16-14-25(15-17-26)24-12-10-23(11-13-24)9-8-21(3)29(33)30(34)22(4)37-6-2/h10-14,18-19,26H,3-9,15-17,20H2,1-2H3/b30-29-. The molecule has 1 atom stereocenters. The first-order valence-electron chi connectivity index (χ1n) is 13.2. The SMILES string of the molecule is C=C(CCc1ccc(C2=CCC(c3ccc(OCCCC)c(F)c3F)CC2)cc1)/C(F)=C(/F)C(=C)OCC. The van der Waals surface area contributed by atoms with Crippen LogP contribution in [0.25, 0.3) is 5.57 Å². The van der Waals surface area contributed by atoms with Crippen molar-refractivity contribution < 1.29 is 27.0 Å². The molecule has 2 nitrogen and oxygen atoms in total. The van der Waals surface area contributed by atoms with Gasteiger partial charge in [-0.25, -0.2) is 8.78 Å². The van der Waals surface area contributed by atoms with Crippen molar-refractivity contribution in [1.82, 2.24) is 0 Å². The molecule has 6 heteroatoms. The van der Waals surface area contributed by atoms with Gasteiger partial charge in [0.2, 0.25) is 5.82 Å². The number of benzene rings is 2. The molecule has 0 heterocycles. The summed E-state index contributed by atoms with van der Waals surface area (Å²) < 4.78 is 67.9. The Morgan fingerprint density at radius 2 is 1.71 bits per heavy atom. The Kier molecular flexibility index (Phi) is 10.8. The predicted octanol–water partition coefficient (Wildman–Crippen LogP) is 9.68. The molecule has 0 saturated carbocycles. The Balaban J connectivity index is 1.58. The molecule has 0 radical (unpaired) electrons. The fraction of sp³-hybridized carbons (Fsp3) is 0.375. The number of aryl methyl sites for hydroxylation is 1. The molecular formula is C32H36F4O2. The molecule has 2 aromatic rings. The highest BCUT2D eigenvalue weighted by molar-refractivity contribution is 5.67. The zero-order valence-electron chi connectivity index (χ0n) is 22.2. The molecule has 1 unspecified atom stereocenters. The molecule has 0 aromatic heterocycles. The number of ether oxygens (including phenoxy) is 2. The summed E-state index contributed by atoms with van der Waals surface area (Å²) in [6.07, 6.45) is 6.63. The van der Waals surface area contributed by atoms with E-state index in [1.54, 1.807) is 13.0 Å². The molecule has 2 aromatic carbocycles. The molecule has 0 amide bonds. The lowest BCUT2D eigenvalue weighted by Gasteiger charge is -2.23. The van der Waals surface area contributed by atoms with E-state index in [2.05, 4.69) is 19.2 Å². The summed E-state index contributed by atoms with van der Waals surface area (Å²) in [7, 11) is 0. The van der Waals surface area contributed by atoms with Gasteiger partial charge in [0, 0.05) is 0 Å². The van der Waals surface area contributed by atoms with E-state index in [1.165, 1.54) is 6.07 Å². The van der Waals surface area contributed by atoms with E-state index in [-0.39, 0.29) is 36.0 Å².